The van der Waals surface area contributed by atoms with Crippen molar-refractivity contribution in [2.24, 2.45) is 0 Å². The first-order valence-electron chi connectivity index (χ1n) is 6.03. The minimum atomic E-state index is -0.555. The first kappa shape index (κ1) is 15.0. The molecule has 0 saturated carbocycles. The van der Waals surface area contributed by atoms with E-state index >= 15 is 0 Å². The lowest BCUT2D eigenvalue weighted by Crippen LogP contribution is -2.34. The maximum atomic E-state index is 12.9. The number of ether oxygens (including phenoxy) is 1. The fourth-order valence-corrected chi connectivity index (χ4v) is 1.33. The molecule has 1 amide bonds. The van der Waals surface area contributed by atoms with Gasteiger partial charge in [-0.05, 0) is 38.0 Å². The van der Waals surface area contributed by atoms with E-state index in [0.29, 0.717) is 12.0 Å². The van der Waals surface area contributed by atoms with Crippen molar-refractivity contribution >= 4 is 6.09 Å². The van der Waals surface area contributed by atoms with Gasteiger partial charge in [0.2, 0.25) is 0 Å². The summed E-state index contributed by atoms with van der Waals surface area (Å²) in [5.41, 5.74) is 0.218. The largest absolute Gasteiger partial charge is 0.444 e. The summed E-state index contributed by atoms with van der Waals surface area (Å²) in [7, 11) is 0. The van der Waals surface area contributed by atoms with Gasteiger partial charge in [-0.15, -0.1) is 0 Å². The minimum Gasteiger partial charge on any atom is -0.444 e. The maximum Gasteiger partial charge on any atom is 0.407 e. The SMILES string of the molecule is CCC(C)(C)OC(=O)NCc1ccc(F)cc1C#N. The van der Waals surface area contributed by atoms with Gasteiger partial charge in [0.1, 0.15) is 11.4 Å². The predicted molar refractivity (Wildman–Crippen MR) is 68.8 cm³/mol. The summed E-state index contributed by atoms with van der Waals surface area (Å²) in [6, 6.07) is 5.75. The van der Waals surface area contributed by atoms with Crippen molar-refractivity contribution in [2.45, 2.75) is 39.3 Å². The molecule has 4 nitrogen and oxygen atoms in total. The number of benzene rings is 1. The molecule has 0 aliphatic rings. The molecule has 0 unspecified atom stereocenters. The number of nitriles is 1. The summed E-state index contributed by atoms with van der Waals surface area (Å²) in [4.78, 5) is 11.6. The predicted octanol–water partition coefficient (Wildman–Crippen LogP) is 3.11. The number of carbonyl (C=O) groups is 1. The zero-order chi connectivity index (χ0) is 14.5. The van der Waals surface area contributed by atoms with Crippen molar-refractivity contribution in [1.29, 1.82) is 5.26 Å². The zero-order valence-corrected chi connectivity index (χ0v) is 11.3. The molecule has 1 aromatic rings. The van der Waals surface area contributed by atoms with E-state index in [1.165, 1.54) is 12.1 Å². The Morgan fingerprint density at radius 2 is 2.21 bits per heavy atom. The maximum absolute atomic E-state index is 12.9. The molecular weight excluding hydrogens is 247 g/mol. The van der Waals surface area contributed by atoms with E-state index in [9.17, 15) is 9.18 Å². The lowest BCUT2D eigenvalue weighted by atomic mass is 10.1. The van der Waals surface area contributed by atoms with E-state index in [0.717, 1.165) is 6.07 Å². The van der Waals surface area contributed by atoms with Crippen molar-refractivity contribution in [3.05, 3.63) is 35.1 Å². The summed E-state index contributed by atoms with van der Waals surface area (Å²) in [6.45, 7) is 5.67. The highest BCUT2D eigenvalue weighted by Gasteiger charge is 2.20. The molecule has 1 N–H and O–H groups in total. The molecule has 102 valence electrons. The highest BCUT2D eigenvalue weighted by atomic mass is 19.1. The van der Waals surface area contributed by atoms with Gasteiger partial charge in [0.05, 0.1) is 11.6 Å². The highest BCUT2D eigenvalue weighted by molar-refractivity contribution is 5.67. The number of hydrogen-bond donors (Lipinski definition) is 1. The summed E-state index contributed by atoms with van der Waals surface area (Å²) < 4.78 is 18.1. The molecule has 19 heavy (non-hydrogen) atoms. The van der Waals surface area contributed by atoms with Gasteiger partial charge in [-0.25, -0.2) is 9.18 Å². The van der Waals surface area contributed by atoms with E-state index in [1.807, 2.05) is 26.8 Å². The molecule has 0 saturated heterocycles. The Labute approximate surface area is 112 Å². The van der Waals surface area contributed by atoms with Crippen LogP contribution in [0.2, 0.25) is 0 Å². The fourth-order valence-electron chi connectivity index (χ4n) is 1.33. The van der Waals surface area contributed by atoms with E-state index in [2.05, 4.69) is 5.32 Å². The third-order valence-electron chi connectivity index (χ3n) is 2.84. The third-order valence-corrected chi connectivity index (χ3v) is 2.84. The number of hydrogen-bond acceptors (Lipinski definition) is 3. The molecule has 5 heteroatoms. The Bertz CT molecular complexity index is 507. The van der Waals surface area contributed by atoms with Crippen LogP contribution in [-0.2, 0) is 11.3 Å². The Balaban J connectivity index is 2.63. The highest BCUT2D eigenvalue weighted by Crippen LogP contribution is 2.14. The molecule has 0 aliphatic carbocycles. The van der Waals surface area contributed by atoms with Crippen LogP contribution >= 0.6 is 0 Å². The third kappa shape index (κ3) is 4.59. The Hall–Kier alpha value is -2.09. The van der Waals surface area contributed by atoms with Crippen LogP contribution in [0.5, 0.6) is 0 Å². The van der Waals surface area contributed by atoms with Crippen molar-refractivity contribution in [2.75, 3.05) is 0 Å². The molecule has 0 spiro atoms. The van der Waals surface area contributed by atoms with Gasteiger partial charge in [0, 0.05) is 6.54 Å². The normalized spacial score (nSPS) is 10.7. The van der Waals surface area contributed by atoms with Crippen LogP contribution in [0.3, 0.4) is 0 Å². The number of amides is 1. The topological polar surface area (TPSA) is 62.1 Å². The molecule has 1 rings (SSSR count). The van der Waals surface area contributed by atoms with E-state index in [1.54, 1.807) is 0 Å². The van der Waals surface area contributed by atoms with Crippen LogP contribution in [0.25, 0.3) is 0 Å². The van der Waals surface area contributed by atoms with E-state index in [-0.39, 0.29) is 12.1 Å². The second-order valence-electron chi connectivity index (χ2n) is 4.77. The van der Waals surface area contributed by atoms with Crippen LogP contribution in [0.1, 0.15) is 38.3 Å². The van der Waals surface area contributed by atoms with Crippen molar-refractivity contribution in [1.82, 2.24) is 5.32 Å². The zero-order valence-electron chi connectivity index (χ0n) is 11.3. The van der Waals surface area contributed by atoms with Gasteiger partial charge in [-0.3, -0.25) is 0 Å². The average Bonchev–Trinajstić information content (AvgIpc) is 2.36. The van der Waals surface area contributed by atoms with Crippen LogP contribution in [0.4, 0.5) is 9.18 Å². The number of carbonyl (C=O) groups excluding carboxylic acids is 1. The van der Waals surface area contributed by atoms with Gasteiger partial charge >= 0.3 is 6.09 Å². The average molecular weight is 264 g/mol. The van der Waals surface area contributed by atoms with Crippen molar-refractivity contribution in [3.63, 3.8) is 0 Å². The summed E-state index contributed by atoms with van der Waals surface area (Å²) in [5.74, 6) is -0.477. The Morgan fingerprint density at radius 1 is 1.53 bits per heavy atom. The summed E-state index contributed by atoms with van der Waals surface area (Å²) in [6.07, 6.45) is 0.139. The Kier molecular flexibility index (Phi) is 4.87. The van der Waals surface area contributed by atoms with Gasteiger partial charge in [-0.2, -0.15) is 5.26 Å². The lowest BCUT2D eigenvalue weighted by molar-refractivity contribution is 0.0360. The second-order valence-corrected chi connectivity index (χ2v) is 4.77. The molecule has 0 atom stereocenters. The standard InChI is InChI=1S/C14H17FN2O2/c1-4-14(2,3)19-13(18)17-9-10-5-6-12(15)7-11(10)8-16/h5-7H,4,9H2,1-3H3,(H,17,18). The molecular formula is C14H17FN2O2. The lowest BCUT2D eigenvalue weighted by Gasteiger charge is -2.23. The summed E-state index contributed by atoms with van der Waals surface area (Å²) >= 11 is 0. The van der Waals surface area contributed by atoms with Gasteiger partial charge in [-0.1, -0.05) is 13.0 Å². The number of nitrogens with zero attached hydrogens (tertiary/aromatic N) is 1. The first-order chi connectivity index (χ1) is 8.88. The number of nitrogens with one attached hydrogen (secondary N) is 1. The molecule has 0 radical (unpaired) electrons. The van der Waals surface area contributed by atoms with Crippen LogP contribution in [0, 0.1) is 17.1 Å². The van der Waals surface area contributed by atoms with Crippen molar-refractivity contribution in [3.8, 4) is 6.07 Å². The monoisotopic (exact) mass is 264 g/mol. The van der Waals surface area contributed by atoms with Crippen LogP contribution in [-0.4, -0.2) is 11.7 Å². The Morgan fingerprint density at radius 3 is 2.79 bits per heavy atom. The van der Waals surface area contributed by atoms with E-state index < -0.39 is 17.5 Å². The summed E-state index contributed by atoms with van der Waals surface area (Å²) in [5, 5.41) is 11.4. The number of alkyl carbamates (subject to hydrolysis) is 1. The molecule has 0 fully saturated rings. The molecule has 0 bridgehead atoms. The van der Waals surface area contributed by atoms with Gasteiger partial charge in [0.15, 0.2) is 0 Å². The quantitative estimate of drug-likeness (QED) is 0.908. The molecule has 0 aromatic heterocycles. The number of rotatable bonds is 4. The van der Waals surface area contributed by atoms with Crippen LogP contribution in [0.15, 0.2) is 18.2 Å². The second kappa shape index (κ2) is 6.19. The van der Waals surface area contributed by atoms with Crippen molar-refractivity contribution < 1.29 is 13.9 Å². The smallest absolute Gasteiger partial charge is 0.407 e. The number of halogens is 1. The van der Waals surface area contributed by atoms with Gasteiger partial charge in [0.25, 0.3) is 0 Å². The van der Waals surface area contributed by atoms with Gasteiger partial charge < -0.3 is 10.1 Å². The fraction of sp³-hybridized carbons (Fsp3) is 0.429. The van der Waals surface area contributed by atoms with Crippen LogP contribution < -0.4 is 5.32 Å². The minimum absolute atomic E-state index is 0.127. The first-order valence-corrected chi connectivity index (χ1v) is 6.03. The van der Waals surface area contributed by atoms with E-state index in [4.69, 9.17) is 10.00 Å². The molecule has 0 aliphatic heterocycles. The molecule has 0 heterocycles. The molecule has 1 aromatic carbocycles.